The van der Waals surface area contributed by atoms with Crippen molar-refractivity contribution in [1.82, 2.24) is 9.21 Å². The Kier molecular flexibility index (Phi) is 6.92. The highest BCUT2D eigenvalue weighted by Gasteiger charge is 2.36. The Bertz CT molecular complexity index is 1040. The third-order valence-electron chi connectivity index (χ3n) is 4.98. The number of alkyl halides is 3. The first-order chi connectivity index (χ1) is 14.4. The largest absolute Gasteiger partial charge is 0.417 e. The van der Waals surface area contributed by atoms with Gasteiger partial charge < -0.3 is 5.11 Å². The zero-order chi connectivity index (χ0) is 23.0. The lowest BCUT2D eigenvalue weighted by atomic mass is 10.1. The molecule has 0 saturated carbocycles. The smallest absolute Gasteiger partial charge is 0.387 e. The van der Waals surface area contributed by atoms with Crippen molar-refractivity contribution in [3.8, 4) is 0 Å². The number of nitrogens with zero attached hydrogens (tertiary/aromatic N) is 2. The number of halogens is 6. The monoisotopic (exact) mass is 484 g/mol. The van der Waals surface area contributed by atoms with Crippen molar-refractivity contribution < 1.29 is 35.5 Å². The van der Waals surface area contributed by atoms with Crippen molar-refractivity contribution in [3.05, 3.63) is 64.2 Å². The van der Waals surface area contributed by atoms with Gasteiger partial charge in [0.25, 0.3) is 0 Å². The molecule has 0 aliphatic carbocycles. The SMILES string of the molecule is O=S(=O)(c1ccc(Cl)c(C(F)(F)F)c1)N1CCN(CC(O)c2c(F)cccc2F)CC1. The average Bonchev–Trinajstić information content (AvgIpc) is 2.67. The normalized spacial score (nSPS) is 17.6. The summed E-state index contributed by atoms with van der Waals surface area (Å²) < 4.78 is 93.3. The quantitative estimate of drug-likeness (QED) is 0.658. The van der Waals surface area contributed by atoms with Crippen molar-refractivity contribution in [2.45, 2.75) is 17.2 Å². The summed E-state index contributed by atoms with van der Waals surface area (Å²) in [5, 5.41) is 9.59. The Morgan fingerprint density at radius 1 is 1.03 bits per heavy atom. The molecule has 0 spiro atoms. The summed E-state index contributed by atoms with van der Waals surface area (Å²) in [6.07, 6.45) is -6.27. The fourth-order valence-corrected chi connectivity index (χ4v) is 5.02. The van der Waals surface area contributed by atoms with Crippen LogP contribution in [0.5, 0.6) is 0 Å². The summed E-state index contributed by atoms with van der Waals surface area (Å²) in [5.41, 5.74) is -1.72. The molecule has 12 heteroatoms. The van der Waals surface area contributed by atoms with Gasteiger partial charge in [-0.3, -0.25) is 4.90 Å². The second-order valence-corrected chi connectivity index (χ2v) is 9.34. The van der Waals surface area contributed by atoms with Crippen LogP contribution in [0.3, 0.4) is 0 Å². The van der Waals surface area contributed by atoms with Gasteiger partial charge >= 0.3 is 6.18 Å². The van der Waals surface area contributed by atoms with Gasteiger partial charge in [-0.25, -0.2) is 17.2 Å². The van der Waals surface area contributed by atoms with Crippen LogP contribution in [-0.2, 0) is 16.2 Å². The van der Waals surface area contributed by atoms with E-state index >= 15 is 0 Å². The molecular weight excluding hydrogens is 467 g/mol. The van der Waals surface area contributed by atoms with Gasteiger partial charge in [0.15, 0.2) is 0 Å². The molecule has 1 heterocycles. The Morgan fingerprint density at radius 2 is 1.61 bits per heavy atom. The molecule has 3 rings (SSSR count). The third-order valence-corrected chi connectivity index (χ3v) is 7.20. The van der Waals surface area contributed by atoms with Gasteiger partial charge in [0.05, 0.1) is 27.1 Å². The fraction of sp³-hybridized carbons (Fsp3) is 0.368. The second-order valence-electron chi connectivity index (χ2n) is 7.00. The number of hydrogen-bond donors (Lipinski definition) is 1. The van der Waals surface area contributed by atoms with Crippen molar-refractivity contribution in [2.24, 2.45) is 0 Å². The van der Waals surface area contributed by atoms with Crippen LogP contribution in [-0.4, -0.2) is 55.5 Å². The molecule has 0 amide bonds. The molecule has 1 fully saturated rings. The first kappa shape index (κ1) is 23.9. The molecule has 1 aliphatic heterocycles. The zero-order valence-corrected chi connectivity index (χ0v) is 17.5. The molecular formula is C19H18ClF5N2O3S. The van der Waals surface area contributed by atoms with E-state index in [-0.39, 0.29) is 32.7 Å². The minimum absolute atomic E-state index is 0.0706. The molecule has 1 N–H and O–H groups in total. The number of piperazine rings is 1. The first-order valence-corrected chi connectivity index (χ1v) is 10.9. The molecule has 1 saturated heterocycles. The Balaban J connectivity index is 1.69. The van der Waals surface area contributed by atoms with Crippen LogP contribution in [0.15, 0.2) is 41.3 Å². The van der Waals surface area contributed by atoms with Gasteiger partial charge in [-0.1, -0.05) is 17.7 Å². The fourth-order valence-electron chi connectivity index (χ4n) is 3.35. The number of sulfonamides is 1. The number of hydrogen-bond acceptors (Lipinski definition) is 4. The molecule has 0 bridgehead atoms. The number of β-amino-alcohol motifs (C(OH)–C–C–N with tert-alkyl or cyclic N) is 1. The molecule has 0 aromatic heterocycles. The summed E-state index contributed by atoms with van der Waals surface area (Å²) >= 11 is 5.54. The topological polar surface area (TPSA) is 60.9 Å². The lowest BCUT2D eigenvalue weighted by molar-refractivity contribution is -0.137. The lowest BCUT2D eigenvalue weighted by Crippen LogP contribution is -2.49. The van der Waals surface area contributed by atoms with Crippen LogP contribution in [0.4, 0.5) is 22.0 Å². The molecule has 2 aromatic carbocycles. The van der Waals surface area contributed by atoms with Gasteiger partial charge in [0.1, 0.15) is 11.6 Å². The molecule has 0 radical (unpaired) electrons. The van der Waals surface area contributed by atoms with Crippen LogP contribution in [0.25, 0.3) is 0 Å². The van der Waals surface area contributed by atoms with Gasteiger partial charge in [-0.2, -0.15) is 17.5 Å². The number of aliphatic hydroxyl groups excluding tert-OH is 1. The lowest BCUT2D eigenvalue weighted by Gasteiger charge is -2.35. The predicted octanol–water partition coefficient (Wildman–Crippen LogP) is 3.68. The van der Waals surface area contributed by atoms with E-state index in [1.54, 1.807) is 4.90 Å². The standard InChI is InChI=1S/C19H18ClF5N2O3S/c20-14-5-4-12(10-13(14)19(23,24)25)31(29,30)27-8-6-26(7-9-27)11-17(28)18-15(21)2-1-3-16(18)22/h1-5,10,17,28H,6-9,11H2. The van der Waals surface area contributed by atoms with Gasteiger partial charge in [-0.15, -0.1) is 0 Å². The maximum absolute atomic E-state index is 13.8. The van der Waals surface area contributed by atoms with E-state index in [1.807, 2.05) is 0 Å². The number of benzene rings is 2. The molecule has 170 valence electrons. The van der Waals surface area contributed by atoms with Gasteiger partial charge in [0.2, 0.25) is 10.0 Å². The van der Waals surface area contributed by atoms with Crippen LogP contribution in [0.1, 0.15) is 17.2 Å². The van der Waals surface area contributed by atoms with Crippen LogP contribution >= 0.6 is 11.6 Å². The highest BCUT2D eigenvalue weighted by atomic mass is 35.5. The minimum atomic E-state index is -4.81. The molecule has 1 unspecified atom stereocenters. The summed E-state index contributed by atoms with van der Waals surface area (Å²) in [6, 6.07) is 5.60. The molecule has 2 aromatic rings. The van der Waals surface area contributed by atoms with Crippen LogP contribution in [0.2, 0.25) is 5.02 Å². The minimum Gasteiger partial charge on any atom is -0.387 e. The van der Waals surface area contributed by atoms with E-state index in [1.165, 1.54) is 6.07 Å². The third kappa shape index (κ3) is 5.17. The Morgan fingerprint density at radius 3 is 2.16 bits per heavy atom. The van der Waals surface area contributed by atoms with E-state index in [4.69, 9.17) is 11.6 Å². The number of aliphatic hydroxyl groups is 1. The summed E-state index contributed by atoms with van der Waals surface area (Å²) in [6.45, 7) is -0.0410. The summed E-state index contributed by atoms with van der Waals surface area (Å²) in [4.78, 5) is 1.08. The zero-order valence-electron chi connectivity index (χ0n) is 15.9. The summed E-state index contributed by atoms with van der Waals surface area (Å²) in [5.74, 6) is -1.78. The predicted molar refractivity (Wildman–Crippen MR) is 103 cm³/mol. The highest BCUT2D eigenvalue weighted by Crippen LogP contribution is 2.36. The number of rotatable bonds is 5. The second kappa shape index (κ2) is 8.99. The van der Waals surface area contributed by atoms with Crippen molar-refractivity contribution in [2.75, 3.05) is 32.7 Å². The van der Waals surface area contributed by atoms with Gasteiger partial charge in [-0.05, 0) is 30.3 Å². The van der Waals surface area contributed by atoms with Gasteiger partial charge in [0, 0.05) is 32.7 Å². The van der Waals surface area contributed by atoms with E-state index in [0.29, 0.717) is 6.07 Å². The molecule has 1 aliphatic rings. The van der Waals surface area contributed by atoms with Crippen molar-refractivity contribution in [1.29, 1.82) is 0 Å². The molecule has 5 nitrogen and oxygen atoms in total. The van der Waals surface area contributed by atoms with Crippen molar-refractivity contribution >= 4 is 21.6 Å². The Labute approximate surface area is 180 Å². The highest BCUT2D eigenvalue weighted by molar-refractivity contribution is 7.89. The van der Waals surface area contributed by atoms with E-state index in [0.717, 1.165) is 28.6 Å². The molecule has 1 atom stereocenters. The maximum Gasteiger partial charge on any atom is 0.417 e. The van der Waals surface area contributed by atoms with Crippen molar-refractivity contribution in [3.63, 3.8) is 0 Å². The van der Waals surface area contributed by atoms with E-state index < -0.39 is 55.0 Å². The van der Waals surface area contributed by atoms with Crippen LogP contribution in [0, 0.1) is 11.6 Å². The molecule has 31 heavy (non-hydrogen) atoms. The van der Waals surface area contributed by atoms with Crippen LogP contribution < -0.4 is 0 Å². The van der Waals surface area contributed by atoms with E-state index in [9.17, 15) is 35.5 Å². The van der Waals surface area contributed by atoms with E-state index in [2.05, 4.69) is 0 Å². The average molecular weight is 485 g/mol. The maximum atomic E-state index is 13.8. The Hall–Kier alpha value is -1.79. The first-order valence-electron chi connectivity index (χ1n) is 9.12. The summed E-state index contributed by atoms with van der Waals surface area (Å²) in [7, 11) is -4.21.